The number of esters is 1. The molecule has 0 amide bonds. The fourth-order valence-electron chi connectivity index (χ4n) is 2.49. The largest absolute Gasteiger partial charge is 0.469 e. The average Bonchev–Trinajstić information content (AvgIpc) is 2.91. The maximum absolute atomic E-state index is 11.7. The number of rotatable bonds is 9. The van der Waals surface area contributed by atoms with E-state index in [1.54, 1.807) is 0 Å². The third kappa shape index (κ3) is 6.67. The van der Waals surface area contributed by atoms with Gasteiger partial charge in [0.1, 0.15) is 0 Å². The van der Waals surface area contributed by atoms with Crippen molar-refractivity contribution in [2.45, 2.75) is 44.6 Å². The van der Waals surface area contributed by atoms with Gasteiger partial charge in [-0.05, 0) is 26.3 Å². The van der Waals surface area contributed by atoms with Gasteiger partial charge in [-0.2, -0.15) is 0 Å². The van der Waals surface area contributed by atoms with Crippen molar-refractivity contribution in [3.8, 4) is 0 Å². The molecule has 1 saturated carbocycles. The zero-order valence-corrected chi connectivity index (χ0v) is 13.2. The lowest BCUT2D eigenvalue weighted by molar-refractivity contribution is -0.140. The summed E-state index contributed by atoms with van der Waals surface area (Å²) >= 11 is 0. The second-order valence-corrected chi connectivity index (χ2v) is 7.24. The Bertz CT molecular complexity index is 391. The maximum Gasteiger partial charge on any atom is 0.305 e. The van der Waals surface area contributed by atoms with Gasteiger partial charge in [0.25, 0.3) is 0 Å². The highest BCUT2D eigenvalue weighted by Crippen LogP contribution is 2.21. The van der Waals surface area contributed by atoms with E-state index >= 15 is 0 Å². The number of nitrogens with zero attached hydrogens (tertiary/aromatic N) is 1. The second kappa shape index (κ2) is 8.59. The molecule has 7 heteroatoms. The number of likely N-dealkylation sites (N-methyl/N-ethyl adjacent to an activating group) is 1. The summed E-state index contributed by atoms with van der Waals surface area (Å²) in [7, 11) is 0.0536. The van der Waals surface area contributed by atoms with E-state index in [0.29, 0.717) is 19.0 Å². The molecule has 1 aliphatic carbocycles. The smallest absolute Gasteiger partial charge is 0.305 e. The molecule has 1 fully saturated rings. The number of nitrogens with one attached hydrogen (secondary N) is 1. The van der Waals surface area contributed by atoms with E-state index < -0.39 is 10.0 Å². The fraction of sp³-hybridized carbons (Fsp3) is 0.923. The summed E-state index contributed by atoms with van der Waals surface area (Å²) in [6, 6.07) is 0.596. The van der Waals surface area contributed by atoms with Crippen LogP contribution in [0, 0.1) is 0 Å². The Morgan fingerprint density at radius 1 is 1.35 bits per heavy atom. The Morgan fingerprint density at radius 3 is 2.60 bits per heavy atom. The molecule has 0 spiro atoms. The van der Waals surface area contributed by atoms with Gasteiger partial charge in [-0.1, -0.05) is 12.8 Å². The Labute approximate surface area is 121 Å². The van der Waals surface area contributed by atoms with Crippen LogP contribution in [0.4, 0.5) is 0 Å². The van der Waals surface area contributed by atoms with Crippen molar-refractivity contribution in [3.05, 3.63) is 0 Å². The minimum atomic E-state index is -3.29. The first-order valence-corrected chi connectivity index (χ1v) is 8.84. The van der Waals surface area contributed by atoms with Crippen molar-refractivity contribution >= 4 is 16.0 Å². The molecule has 0 aliphatic heterocycles. The van der Waals surface area contributed by atoms with Crippen molar-refractivity contribution in [2.24, 2.45) is 0 Å². The minimum absolute atomic E-state index is 0.0325. The van der Waals surface area contributed by atoms with E-state index in [4.69, 9.17) is 0 Å². The maximum atomic E-state index is 11.7. The van der Waals surface area contributed by atoms with Gasteiger partial charge in [0.15, 0.2) is 0 Å². The standard InChI is InChI=1S/C13H26N2O4S/c1-15(12-6-3-4-7-12)10-9-14-20(17,18)11-5-8-13(16)19-2/h12,14H,3-11H2,1-2H3. The molecule has 0 aromatic carbocycles. The van der Waals surface area contributed by atoms with Crippen LogP contribution >= 0.6 is 0 Å². The molecular formula is C13H26N2O4S. The molecule has 0 unspecified atom stereocenters. The molecule has 20 heavy (non-hydrogen) atoms. The van der Waals surface area contributed by atoms with Crippen molar-refractivity contribution in [3.63, 3.8) is 0 Å². The number of carbonyl (C=O) groups excluding carboxylic acids is 1. The number of methoxy groups -OCH3 is 1. The molecule has 1 N–H and O–H groups in total. The number of hydrogen-bond acceptors (Lipinski definition) is 5. The summed E-state index contributed by atoms with van der Waals surface area (Å²) in [6.07, 6.45) is 5.40. The van der Waals surface area contributed by atoms with Gasteiger partial charge >= 0.3 is 5.97 Å². The second-order valence-electron chi connectivity index (χ2n) is 5.31. The third-order valence-corrected chi connectivity index (χ3v) is 5.23. The van der Waals surface area contributed by atoms with E-state index in [-0.39, 0.29) is 18.1 Å². The minimum Gasteiger partial charge on any atom is -0.469 e. The molecule has 0 bridgehead atoms. The lowest BCUT2D eigenvalue weighted by Crippen LogP contribution is -2.38. The van der Waals surface area contributed by atoms with Crippen LogP contribution in [0.1, 0.15) is 38.5 Å². The van der Waals surface area contributed by atoms with Crippen LogP contribution in [-0.2, 0) is 19.6 Å². The third-order valence-electron chi connectivity index (χ3n) is 3.76. The molecule has 0 saturated heterocycles. The highest BCUT2D eigenvalue weighted by atomic mass is 32.2. The van der Waals surface area contributed by atoms with Gasteiger partial charge in [-0.25, -0.2) is 13.1 Å². The quantitative estimate of drug-likeness (QED) is 0.636. The van der Waals surface area contributed by atoms with Crippen LogP contribution in [-0.4, -0.2) is 58.3 Å². The Hall–Kier alpha value is -0.660. The molecule has 0 atom stereocenters. The van der Waals surface area contributed by atoms with Crippen LogP contribution in [0.25, 0.3) is 0 Å². The monoisotopic (exact) mass is 306 g/mol. The van der Waals surface area contributed by atoms with Crippen LogP contribution in [0.3, 0.4) is 0 Å². The molecule has 0 aromatic heterocycles. The van der Waals surface area contributed by atoms with Gasteiger partial charge in [-0.3, -0.25) is 4.79 Å². The van der Waals surface area contributed by atoms with Gasteiger partial charge in [-0.15, -0.1) is 0 Å². The first-order chi connectivity index (χ1) is 9.44. The van der Waals surface area contributed by atoms with Crippen LogP contribution in [0.5, 0.6) is 0 Å². The van der Waals surface area contributed by atoms with Gasteiger partial charge in [0, 0.05) is 25.6 Å². The molecule has 0 heterocycles. The van der Waals surface area contributed by atoms with E-state index in [2.05, 4.69) is 14.4 Å². The summed E-state index contributed by atoms with van der Waals surface area (Å²) in [5.41, 5.74) is 0. The Balaban J connectivity index is 2.17. The van der Waals surface area contributed by atoms with Crippen LogP contribution in [0.2, 0.25) is 0 Å². The molecule has 1 aliphatic rings. The highest BCUT2D eigenvalue weighted by molar-refractivity contribution is 7.89. The lowest BCUT2D eigenvalue weighted by atomic mass is 10.2. The fourth-order valence-corrected chi connectivity index (χ4v) is 3.56. The van der Waals surface area contributed by atoms with Crippen molar-refractivity contribution in [1.29, 1.82) is 0 Å². The number of sulfonamides is 1. The zero-order chi connectivity index (χ0) is 15.0. The highest BCUT2D eigenvalue weighted by Gasteiger charge is 2.19. The molecular weight excluding hydrogens is 280 g/mol. The first kappa shape index (κ1) is 17.4. The predicted molar refractivity (Wildman–Crippen MR) is 77.9 cm³/mol. The molecule has 6 nitrogen and oxygen atoms in total. The Morgan fingerprint density at radius 2 is 2.00 bits per heavy atom. The zero-order valence-electron chi connectivity index (χ0n) is 12.4. The van der Waals surface area contributed by atoms with E-state index in [1.165, 1.54) is 32.8 Å². The van der Waals surface area contributed by atoms with Crippen LogP contribution in [0.15, 0.2) is 0 Å². The van der Waals surface area contributed by atoms with Crippen molar-refractivity contribution in [1.82, 2.24) is 9.62 Å². The Kier molecular flexibility index (Phi) is 7.47. The summed E-state index contributed by atoms with van der Waals surface area (Å²) in [5.74, 6) is -0.406. The first-order valence-electron chi connectivity index (χ1n) is 7.19. The SMILES string of the molecule is COC(=O)CCCS(=O)(=O)NCCN(C)C1CCCC1. The van der Waals surface area contributed by atoms with E-state index in [0.717, 1.165) is 6.54 Å². The van der Waals surface area contributed by atoms with Gasteiger partial charge in [0.05, 0.1) is 12.9 Å². The molecule has 0 radical (unpaired) electrons. The molecule has 1 rings (SSSR count). The molecule has 0 aromatic rings. The number of ether oxygens (including phenoxy) is 1. The van der Waals surface area contributed by atoms with Crippen molar-refractivity contribution in [2.75, 3.05) is 33.0 Å². The summed E-state index contributed by atoms with van der Waals surface area (Å²) in [6.45, 7) is 1.15. The normalized spacial score (nSPS) is 16.8. The topological polar surface area (TPSA) is 75.7 Å². The van der Waals surface area contributed by atoms with Crippen molar-refractivity contribution < 1.29 is 17.9 Å². The number of carbonyl (C=O) groups is 1. The predicted octanol–water partition coefficient (Wildman–Crippen LogP) is 0.733. The lowest BCUT2D eigenvalue weighted by Gasteiger charge is -2.23. The van der Waals surface area contributed by atoms with Crippen LogP contribution < -0.4 is 4.72 Å². The van der Waals surface area contributed by atoms with E-state index in [9.17, 15) is 13.2 Å². The van der Waals surface area contributed by atoms with Gasteiger partial charge < -0.3 is 9.64 Å². The summed E-state index contributed by atoms with van der Waals surface area (Å²) in [4.78, 5) is 13.1. The summed E-state index contributed by atoms with van der Waals surface area (Å²) in [5, 5.41) is 0. The average molecular weight is 306 g/mol. The van der Waals surface area contributed by atoms with Gasteiger partial charge in [0.2, 0.25) is 10.0 Å². The van der Waals surface area contributed by atoms with E-state index in [1.807, 2.05) is 7.05 Å². The molecule has 118 valence electrons. The number of hydrogen-bond donors (Lipinski definition) is 1. The summed E-state index contributed by atoms with van der Waals surface area (Å²) < 4.78 is 30.5.